The van der Waals surface area contributed by atoms with E-state index >= 15 is 0 Å². The molecule has 37 heavy (non-hydrogen) atoms. The maximum atomic E-state index is 12.6. The lowest BCUT2D eigenvalue weighted by Crippen LogP contribution is -2.38. The SMILES string of the molecule is CC(C)(C)OC(=O)N1CC(CNC(=O)COc2ccc(Cl)cc2)C(OC(=O)COc2ccc(Cl)cc2)C1. The molecule has 2 amide bonds. The van der Waals surface area contributed by atoms with Gasteiger partial charge < -0.3 is 29.2 Å². The smallest absolute Gasteiger partial charge is 0.410 e. The molecule has 2 atom stereocenters. The third kappa shape index (κ3) is 9.66. The van der Waals surface area contributed by atoms with E-state index in [2.05, 4.69) is 5.32 Å². The minimum Gasteiger partial charge on any atom is -0.484 e. The van der Waals surface area contributed by atoms with Gasteiger partial charge in [0, 0.05) is 29.1 Å². The fraction of sp³-hybridized carbons (Fsp3) is 0.423. The van der Waals surface area contributed by atoms with E-state index in [0.717, 1.165) is 0 Å². The first-order valence-electron chi connectivity index (χ1n) is 11.7. The Kier molecular flexibility index (Phi) is 9.88. The Labute approximate surface area is 225 Å². The average Bonchev–Trinajstić information content (AvgIpc) is 3.23. The Bertz CT molecular complexity index is 1070. The van der Waals surface area contributed by atoms with Crippen LogP contribution in [0, 0.1) is 5.92 Å². The highest BCUT2D eigenvalue weighted by Crippen LogP contribution is 2.23. The quantitative estimate of drug-likeness (QED) is 0.461. The number of esters is 1. The number of halogens is 2. The van der Waals surface area contributed by atoms with Gasteiger partial charge in [0.2, 0.25) is 0 Å². The molecule has 2 aromatic carbocycles. The van der Waals surface area contributed by atoms with Crippen molar-refractivity contribution < 1.29 is 33.3 Å². The van der Waals surface area contributed by atoms with E-state index < -0.39 is 23.8 Å². The van der Waals surface area contributed by atoms with Gasteiger partial charge in [0.05, 0.1) is 6.54 Å². The van der Waals surface area contributed by atoms with Crippen LogP contribution in [0.2, 0.25) is 10.0 Å². The number of rotatable bonds is 9. The van der Waals surface area contributed by atoms with Crippen LogP contribution in [-0.2, 0) is 19.1 Å². The third-order valence-electron chi connectivity index (χ3n) is 5.23. The van der Waals surface area contributed by atoms with Gasteiger partial charge in [0.1, 0.15) is 23.2 Å². The largest absolute Gasteiger partial charge is 0.484 e. The van der Waals surface area contributed by atoms with Crippen molar-refractivity contribution >= 4 is 41.2 Å². The molecule has 0 spiro atoms. The van der Waals surface area contributed by atoms with Crippen molar-refractivity contribution in [2.24, 2.45) is 5.92 Å². The van der Waals surface area contributed by atoms with Crippen LogP contribution >= 0.6 is 23.2 Å². The zero-order chi connectivity index (χ0) is 27.0. The molecule has 9 nitrogen and oxygen atoms in total. The van der Waals surface area contributed by atoms with E-state index in [0.29, 0.717) is 21.5 Å². The molecule has 0 saturated carbocycles. The summed E-state index contributed by atoms with van der Waals surface area (Å²) < 4.78 is 22.0. The van der Waals surface area contributed by atoms with E-state index in [1.807, 2.05) is 0 Å². The summed E-state index contributed by atoms with van der Waals surface area (Å²) >= 11 is 11.7. The molecule has 2 aromatic rings. The highest BCUT2D eigenvalue weighted by molar-refractivity contribution is 6.30. The van der Waals surface area contributed by atoms with Crippen LogP contribution in [0.4, 0.5) is 4.79 Å². The highest BCUT2D eigenvalue weighted by atomic mass is 35.5. The summed E-state index contributed by atoms with van der Waals surface area (Å²) in [6, 6.07) is 13.2. The van der Waals surface area contributed by atoms with Crippen molar-refractivity contribution in [3.63, 3.8) is 0 Å². The molecule has 11 heteroatoms. The fourth-order valence-corrected chi connectivity index (χ4v) is 3.75. The van der Waals surface area contributed by atoms with E-state index in [4.69, 9.17) is 42.1 Å². The van der Waals surface area contributed by atoms with Gasteiger partial charge in [-0.1, -0.05) is 23.2 Å². The Balaban J connectivity index is 1.55. The molecule has 1 fully saturated rings. The van der Waals surface area contributed by atoms with Gasteiger partial charge >= 0.3 is 12.1 Å². The number of ether oxygens (including phenoxy) is 4. The summed E-state index contributed by atoms with van der Waals surface area (Å²) in [6.07, 6.45) is -1.18. The van der Waals surface area contributed by atoms with E-state index in [1.54, 1.807) is 69.3 Å². The first kappa shape index (κ1) is 28.4. The predicted molar refractivity (Wildman–Crippen MR) is 138 cm³/mol. The molecular weight excluding hydrogens is 523 g/mol. The molecule has 200 valence electrons. The van der Waals surface area contributed by atoms with Crippen molar-refractivity contribution in [3.05, 3.63) is 58.6 Å². The van der Waals surface area contributed by atoms with E-state index in [9.17, 15) is 14.4 Å². The minimum absolute atomic E-state index is 0.128. The van der Waals surface area contributed by atoms with Crippen LogP contribution < -0.4 is 14.8 Å². The van der Waals surface area contributed by atoms with E-state index in [-0.39, 0.29) is 44.7 Å². The summed E-state index contributed by atoms with van der Waals surface area (Å²) in [7, 11) is 0. The average molecular weight is 553 g/mol. The number of amides is 2. The molecule has 0 radical (unpaired) electrons. The lowest BCUT2D eigenvalue weighted by atomic mass is 10.1. The van der Waals surface area contributed by atoms with Crippen molar-refractivity contribution in [2.75, 3.05) is 32.8 Å². The van der Waals surface area contributed by atoms with Crippen LogP contribution in [0.3, 0.4) is 0 Å². The van der Waals surface area contributed by atoms with Crippen molar-refractivity contribution in [1.82, 2.24) is 10.2 Å². The Morgan fingerprint density at radius 1 is 0.892 bits per heavy atom. The van der Waals surface area contributed by atoms with E-state index in [1.165, 1.54) is 4.90 Å². The topological polar surface area (TPSA) is 103 Å². The van der Waals surface area contributed by atoms with Gasteiger partial charge in [-0.3, -0.25) is 4.79 Å². The monoisotopic (exact) mass is 552 g/mol. The zero-order valence-corrected chi connectivity index (χ0v) is 22.4. The molecule has 3 rings (SSSR count). The van der Waals surface area contributed by atoms with Crippen molar-refractivity contribution in [3.8, 4) is 11.5 Å². The number of carbonyl (C=O) groups is 3. The summed E-state index contributed by atoms with van der Waals surface area (Å²) in [6.45, 7) is 5.31. The molecule has 1 heterocycles. The van der Waals surface area contributed by atoms with Gasteiger partial charge in [0.15, 0.2) is 13.2 Å². The molecule has 1 aliphatic rings. The molecular formula is C26H30Cl2N2O7. The normalized spacial score (nSPS) is 17.2. The molecule has 2 unspecified atom stereocenters. The zero-order valence-electron chi connectivity index (χ0n) is 20.9. The number of hydrogen-bond acceptors (Lipinski definition) is 7. The second-order valence-corrected chi connectivity index (χ2v) is 10.3. The molecule has 1 N–H and O–H groups in total. The van der Waals surface area contributed by atoms with Crippen LogP contribution in [0.25, 0.3) is 0 Å². The second-order valence-electron chi connectivity index (χ2n) is 9.46. The maximum absolute atomic E-state index is 12.6. The fourth-order valence-electron chi connectivity index (χ4n) is 3.50. The van der Waals surface area contributed by atoms with Crippen molar-refractivity contribution in [2.45, 2.75) is 32.5 Å². The molecule has 0 aromatic heterocycles. The first-order valence-corrected chi connectivity index (χ1v) is 12.4. The molecule has 0 bridgehead atoms. The summed E-state index contributed by atoms with van der Waals surface area (Å²) in [4.78, 5) is 38.9. The maximum Gasteiger partial charge on any atom is 0.410 e. The summed E-state index contributed by atoms with van der Waals surface area (Å²) in [5.41, 5.74) is -0.680. The Morgan fingerprint density at radius 3 is 1.97 bits per heavy atom. The number of nitrogens with one attached hydrogen (secondary N) is 1. The van der Waals surface area contributed by atoms with Crippen molar-refractivity contribution in [1.29, 1.82) is 0 Å². The molecule has 1 aliphatic heterocycles. The predicted octanol–water partition coefficient (Wildman–Crippen LogP) is 4.35. The Morgan fingerprint density at radius 2 is 1.43 bits per heavy atom. The van der Waals surface area contributed by atoms with Gasteiger partial charge in [-0.25, -0.2) is 9.59 Å². The van der Waals surface area contributed by atoms with Gasteiger partial charge in [-0.2, -0.15) is 0 Å². The van der Waals surface area contributed by atoms with Crippen LogP contribution in [0.15, 0.2) is 48.5 Å². The number of nitrogens with zero attached hydrogens (tertiary/aromatic N) is 1. The number of likely N-dealkylation sites (tertiary alicyclic amines) is 1. The van der Waals surface area contributed by atoms with Crippen LogP contribution in [-0.4, -0.2) is 67.4 Å². The minimum atomic E-state index is -0.680. The lowest BCUT2D eigenvalue weighted by Gasteiger charge is -2.24. The van der Waals surface area contributed by atoms with Crippen LogP contribution in [0.1, 0.15) is 20.8 Å². The lowest BCUT2D eigenvalue weighted by molar-refractivity contribution is -0.152. The highest BCUT2D eigenvalue weighted by Gasteiger charge is 2.39. The summed E-state index contributed by atoms with van der Waals surface area (Å²) in [5, 5.41) is 3.89. The number of carbonyl (C=O) groups excluding carboxylic acids is 3. The van der Waals surface area contributed by atoms with Crippen LogP contribution in [0.5, 0.6) is 11.5 Å². The second kappa shape index (κ2) is 12.9. The van der Waals surface area contributed by atoms with Gasteiger partial charge in [-0.05, 0) is 69.3 Å². The molecule has 1 saturated heterocycles. The van der Waals surface area contributed by atoms with Gasteiger partial charge in [0.25, 0.3) is 5.91 Å². The number of benzene rings is 2. The van der Waals surface area contributed by atoms with Gasteiger partial charge in [-0.15, -0.1) is 0 Å². The first-order chi connectivity index (χ1) is 17.5. The molecule has 0 aliphatic carbocycles. The summed E-state index contributed by atoms with van der Waals surface area (Å²) in [5.74, 6) is -0.349. The number of hydrogen-bond donors (Lipinski definition) is 1. The standard InChI is InChI=1S/C26H30Cl2N2O7/c1-26(2,3)37-25(33)30-13-17(12-29-23(31)15-34-20-8-4-18(27)5-9-20)22(14-30)36-24(32)16-35-21-10-6-19(28)7-11-21/h4-11,17,22H,12-16H2,1-3H3,(H,29,31). The Hall–Kier alpha value is -3.17. The third-order valence-corrected chi connectivity index (χ3v) is 5.73.